The Bertz CT molecular complexity index is 1410. The van der Waals surface area contributed by atoms with Gasteiger partial charge in [0.05, 0.1) is 16.7 Å². The van der Waals surface area contributed by atoms with Gasteiger partial charge in [-0.05, 0) is 42.7 Å². The largest absolute Gasteiger partial charge is 0.325 e. The molecule has 0 spiro atoms. The maximum atomic E-state index is 12.7. The molecule has 1 unspecified atom stereocenters. The van der Waals surface area contributed by atoms with Crippen molar-refractivity contribution in [1.29, 1.82) is 0 Å². The molecule has 0 saturated carbocycles. The third-order valence-electron chi connectivity index (χ3n) is 5.06. The van der Waals surface area contributed by atoms with Crippen molar-refractivity contribution in [3.63, 3.8) is 0 Å². The van der Waals surface area contributed by atoms with Gasteiger partial charge in [-0.2, -0.15) is 0 Å². The summed E-state index contributed by atoms with van der Waals surface area (Å²) >= 11 is 3.40. The Morgan fingerprint density at radius 2 is 2.00 bits per heavy atom. The number of nitrogens with zero attached hydrogens (tertiary/aromatic N) is 1. The molecular formula is C19H17BrN4O5S. The van der Waals surface area contributed by atoms with E-state index in [0.29, 0.717) is 23.9 Å². The van der Waals surface area contributed by atoms with Crippen LogP contribution in [0, 0.1) is 0 Å². The van der Waals surface area contributed by atoms with E-state index in [0.717, 1.165) is 10.0 Å². The van der Waals surface area contributed by atoms with Crippen molar-refractivity contribution in [2.24, 2.45) is 5.14 Å². The molecule has 11 heteroatoms. The number of hydrogen-bond acceptors (Lipinski definition) is 5. The third-order valence-corrected chi connectivity index (χ3v) is 6.48. The summed E-state index contributed by atoms with van der Waals surface area (Å²) in [4.78, 5) is 39.8. The van der Waals surface area contributed by atoms with Crippen molar-refractivity contribution in [2.45, 2.75) is 30.2 Å². The Kier molecular flexibility index (Phi) is 5.12. The molecule has 1 atom stereocenters. The molecule has 0 bridgehead atoms. The number of aromatic nitrogens is 2. The molecule has 1 amide bonds. The first-order valence-corrected chi connectivity index (χ1v) is 11.4. The number of rotatable bonds is 4. The minimum absolute atomic E-state index is 0.0635. The number of nitrogens with one attached hydrogen (secondary N) is 2. The van der Waals surface area contributed by atoms with E-state index in [9.17, 15) is 22.8 Å². The van der Waals surface area contributed by atoms with Crippen LogP contribution < -0.4 is 21.6 Å². The van der Waals surface area contributed by atoms with Gasteiger partial charge in [-0.15, -0.1) is 0 Å². The standard InChI is InChI=1S/C19H17BrN4O5S/c20-11-7-10-5-6-12(24-17(10)14(8-11)23-18(26)19(24)27)9-16(25)22-13-3-1-2-4-15(13)30(21,28)29/h1-4,7-8,12H,5-6,9H2,(H,22,25)(H,23,26)(H2,21,28,29). The van der Waals surface area contributed by atoms with Crippen LogP contribution in [0.15, 0.2) is 55.4 Å². The van der Waals surface area contributed by atoms with Crippen LogP contribution >= 0.6 is 15.9 Å². The lowest BCUT2D eigenvalue weighted by atomic mass is 9.96. The summed E-state index contributed by atoms with van der Waals surface area (Å²) in [5.41, 5.74) is 0.565. The number of halogens is 1. The lowest BCUT2D eigenvalue weighted by molar-refractivity contribution is -0.117. The normalized spacial score (nSPS) is 15.9. The number of benzene rings is 2. The highest BCUT2D eigenvalue weighted by molar-refractivity contribution is 9.10. The van der Waals surface area contributed by atoms with Gasteiger partial charge in [0.15, 0.2) is 0 Å². The van der Waals surface area contributed by atoms with Crippen LogP contribution in [-0.2, 0) is 21.2 Å². The zero-order valence-corrected chi connectivity index (χ0v) is 17.9. The number of aryl methyl sites for hydroxylation is 1. The van der Waals surface area contributed by atoms with Crippen LogP contribution in [-0.4, -0.2) is 23.9 Å². The molecule has 156 valence electrons. The number of amides is 1. The van der Waals surface area contributed by atoms with E-state index in [1.165, 1.54) is 22.8 Å². The molecule has 4 N–H and O–H groups in total. The van der Waals surface area contributed by atoms with E-state index in [4.69, 9.17) is 5.14 Å². The molecule has 0 radical (unpaired) electrons. The fourth-order valence-electron chi connectivity index (χ4n) is 3.84. The number of nitrogens with two attached hydrogens (primary N) is 1. The maximum absolute atomic E-state index is 12.7. The van der Waals surface area contributed by atoms with Crippen molar-refractivity contribution >= 4 is 48.6 Å². The van der Waals surface area contributed by atoms with Gasteiger partial charge in [-0.3, -0.25) is 19.0 Å². The number of primary sulfonamides is 1. The zero-order valence-electron chi connectivity index (χ0n) is 15.5. The van der Waals surface area contributed by atoms with Crippen LogP contribution in [0.3, 0.4) is 0 Å². The van der Waals surface area contributed by atoms with E-state index in [1.807, 2.05) is 6.07 Å². The first kappa shape index (κ1) is 20.5. The first-order chi connectivity index (χ1) is 14.1. The molecule has 4 rings (SSSR count). The molecule has 1 aliphatic rings. The Hall–Kier alpha value is -2.76. The summed E-state index contributed by atoms with van der Waals surface area (Å²) < 4.78 is 25.6. The van der Waals surface area contributed by atoms with Gasteiger partial charge < -0.3 is 10.3 Å². The number of aromatic amines is 1. The summed E-state index contributed by atoms with van der Waals surface area (Å²) in [5, 5.41) is 7.76. The molecule has 1 aliphatic heterocycles. The monoisotopic (exact) mass is 492 g/mol. The van der Waals surface area contributed by atoms with Crippen LogP contribution in [0.4, 0.5) is 5.69 Å². The molecule has 0 saturated heterocycles. The molecule has 30 heavy (non-hydrogen) atoms. The number of para-hydroxylation sites is 1. The molecule has 0 aliphatic carbocycles. The number of H-pyrrole nitrogens is 1. The number of hydrogen-bond donors (Lipinski definition) is 3. The number of carbonyl (C=O) groups excluding carboxylic acids is 1. The highest BCUT2D eigenvalue weighted by Crippen LogP contribution is 2.32. The minimum atomic E-state index is -4.02. The summed E-state index contributed by atoms with van der Waals surface area (Å²) in [5.74, 6) is -0.489. The Balaban J connectivity index is 1.70. The summed E-state index contributed by atoms with van der Waals surface area (Å²) in [7, 11) is -4.02. The van der Waals surface area contributed by atoms with Gasteiger partial charge >= 0.3 is 11.1 Å². The van der Waals surface area contributed by atoms with Crippen LogP contribution in [0.2, 0.25) is 0 Å². The molecule has 0 fully saturated rings. The summed E-state index contributed by atoms with van der Waals surface area (Å²) in [6, 6.07) is 8.85. The average molecular weight is 493 g/mol. The van der Waals surface area contributed by atoms with Gasteiger partial charge in [0.1, 0.15) is 4.90 Å². The highest BCUT2D eigenvalue weighted by Gasteiger charge is 2.27. The van der Waals surface area contributed by atoms with Gasteiger partial charge in [0, 0.05) is 16.9 Å². The van der Waals surface area contributed by atoms with Crippen LogP contribution in [0.5, 0.6) is 0 Å². The SMILES string of the molecule is NS(=O)(=O)c1ccccc1NC(=O)CC1CCc2cc(Br)cc3[nH]c(=O)c(=O)n1c23. The number of sulfonamides is 1. The van der Waals surface area contributed by atoms with E-state index in [2.05, 4.69) is 26.2 Å². The Labute approximate surface area is 179 Å². The number of anilines is 1. The molecule has 3 aromatic rings. The van der Waals surface area contributed by atoms with E-state index < -0.39 is 33.1 Å². The maximum Gasteiger partial charge on any atom is 0.317 e. The third kappa shape index (κ3) is 3.71. The second-order valence-electron chi connectivity index (χ2n) is 7.08. The average Bonchev–Trinajstić information content (AvgIpc) is 2.66. The van der Waals surface area contributed by atoms with Crippen molar-refractivity contribution in [3.05, 3.63) is 67.1 Å². The van der Waals surface area contributed by atoms with Gasteiger partial charge in [-0.25, -0.2) is 13.6 Å². The van der Waals surface area contributed by atoms with Gasteiger partial charge in [0.25, 0.3) is 0 Å². The van der Waals surface area contributed by atoms with E-state index >= 15 is 0 Å². The molecule has 2 heterocycles. The molecular weight excluding hydrogens is 476 g/mol. The topological polar surface area (TPSA) is 144 Å². The van der Waals surface area contributed by atoms with Crippen molar-refractivity contribution in [2.75, 3.05) is 5.32 Å². The quantitative estimate of drug-likeness (QED) is 0.473. The lowest BCUT2D eigenvalue weighted by Gasteiger charge is -2.27. The van der Waals surface area contributed by atoms with Crippen molar-refractivity contribution in [3.8, 4) is 0 Å². The van der Waals surface area contributed by atoms with Crippen molar-refractivity contribution in [1.82, 2.24) is 9.55 Å². The Morgan fingerprint density at radius 3 is 2.73 bits per heavy atom. The fraction of sp³-hybridized carbons (Fsp3) is 0.211. The van der Waals surface area contributed by atoms with E-state index in [1.54, 1.807) is 12.1 Å². The summed E-state index contributed by atoms with van der Waals surface area (Å²) in [6.45, 7) is 0. The fourth-order valence-corrected chi connectivity index (χ4v) is 5.04. The predicted octanol–water partition coefficient (Wildman–Crippen LogP) is 1.62. The van der Waals surface area contributed by atoms with Gasteiger partial charge in [0.2, 0.25) is 15.9 Å². The van der Waals surface area contributed by atoms with Crippen LogP contribution in [0.25, 0.3) is 11.0 Å². The molecule has 9 nitrogen and oxygen atoms in total. The minimum Gasteiger partial charge on any atom is -0.325 e. The zero-order chi connectivity index (χ0) is 21.6. The van der Waals surface area contributed by atoms with Gasteiger partial charge in [-0.1, -0.05) is 28.1 Å². The van der Waals surface area contributed by atoms with E-state index in [-0.39, 0.29) is 17.0 Å². The predicted molar refractivity (Wildman–Crippen MR) is 115 cm³/mol. The molecule has 1 aromatic heterocycles. The molecule has 2 aromatic carbocycles. The second-order valence-corrected chi connectivity index (χ2v) is 9.52. The summed E-state index contributed by atoms with van der Waals surface area (Å²) in [6.07, 6.45) is 0.992. The smallest absolute Gasteiger partial charge is 0.317 e. The van der Waals surface area contributed by atoms with Crippen LogP contribution in [0.1, 0.15) is 24.4 Å². The Morgan fingerprint density at radius 1 is 1.27 bits per heavy atom. The number of carbonyl (C=O) groups is 1. The second kappa shape index (κ2) is 7.49. The van der Waals surface area contributed by atoms with Crippen molar-refractivity contribution < 1.29 is 13.2 Å². The highest BCUT2D eigenvalue weighted by atomic mass is 79.9. The lowest BCUT2D eigenvalue weighted by Crippen LogP contribution is -2.41. The first-order valence-electron chi connectivity index (χ1n) is 9.04.